The molecule has 0 spiro atoms. The molecule has 1 aliphatic rings. The van der Waals surface area contributed by atoms with Gasteiger partial charge in [0.15, 0.2) is 0 Å². The summed E-state index contributed by atoms with van der Waals surface area (Å²) in [6.45, 7) is 0.554. The molecule has 0 radical (unpaired) electrons. The van der Waals surface area contributed by atoms with Crippen LogP contribution in [-0.4, -0.2) is 46.2 Å². The quantitative estimate of drug-likeness (QED) is 0.667. The molecule has 0 aromatic heterocycles. The topological polar surface area (TPSA) is 71.5 Å². The third-order valence-electron chi connectivity index (χ3n) is 2.48. The Morgan fingerprint density at radius 2 is 1.67 bits per heavy atom. The van der Waals surface area contributed by atoms with Crippen molar-refractivity contribution in [1.29, 1.82) is 0 Å². The van der Waals surface area contributed by atoms with Gasteiger partial charge in [0.25, 0.3) is 0 Å². The Morgan fingerprint density at radius 1 is 1.20 bits per heavy atom. The number of piperidine rings is 1. The average molecular weight is 259 g/mol. The van der Waals surface area contributed by atoms with Crippen LogP contribution in [-0.2, 0) is 20.2 Å². The zero-order valence-corrected chi connectivity index (χ0v) is 10.0. The standard InChI is InChI=1S/C7H14FNO4S2/c1-14(10,11)9-4-2-7(3-5-9)6-15(8,12)13/h7H,2-6H2,1H3. The van der Waals surface area contributed by atoms with E-state index in [9.17, 15) is 20.7 Å². The van der Waals surface area contributed by atoms with Gasteiger partial charge in [-0.2, -0.15) is 8.42 Å². The first-order valence-corrected chi connectivity index (χ1v) is 7.96. The highest BCUT2D eigenvalue weighted by Crippen LogP contribution is 2.20. The molecule has 5 nitrogen and oxygen atoms in total. The van der Waals surface area contributed by atoms with Gasteiger partial charge in [-0.05, 0) is 18.8 Å². The second-order valence-electron chi connectivity index (χ2n) is 3.81. The Bertz CT molecular complexity index is 408. The minimum Gasteiger partial charge on any atom is -0.213 e. The monoisotopic (exact) mass is 259 g/mol. The summed E-state index contributed by atoms with van der Waals surface area (Å²) in [7, 11) is -7.65. The molecule has 0 atom stereocenters. The molecule has 1 saturated heterocycles. The molecule has 0 unspecified atom stereocenters. The van der Waals surface area contributed by atoms with E-state index in [1.807, 2.05) is 0 Å². The van der Waals surface area contributed by atoms with Gasteiger partial charge >= 0.3 is 10.2 Å². The maximum absolute atomic E-state index is 12.3. The van der Waals surface area contributed by atoms with Crippen molar-refractivity contribution in [2.75, 3.05) is 25.1 Å². The van der Waals surface area contributed by atoms with Crippen molar-refractivity contribution in [3.05, 3.63) is 0 Å². The summed E-state index contributed by atoms with van der Waals surface area (Å²) in [5.41, 5.74) is 0. The lowest BCUT2D eigenvalue weighted by molar-refractivity contribution is 0.289. The van der Waals surface area contributed by atoms with Crippen molar-refractivity contribution in [3.63, 3.8) is 0 Å². The fourth-order valence-corrected chi connectivity index (χ4v) is 3.46. The van der Waals surface area contributed by atoms with Gasteiger partial charge in [0.2, 0.25) is 10.0 Å². The molecule has 1 rings (SSSR count). The van der Waals surface area contributed by atoms with E-state index in [0.29, 0.717) is 12.8 Å². The largest absolute Gasteiger partial charge is 0.302 e. The number of halogens is 1. The predicted molar refractivity (Wildman–Crippen MR) is 54.0 cm³/mol. The number of sulfonamides is 1. The van der Waals surface area contributed by atoms with Crippen LogP contribution in [0, 0.1) is 5.92 Å². The van der Waals surface area contributed by atoms with E-state index < -0.39 is 26.0 Å². The lowest BCUT2D eigenvalue weighted by Crippen LogP contribution is -2.39. The van der Waals surface area contributed by atoms with Crippen molar-refractivity contribution >= 4 is 20.2 Å². The second-order valence-corrected chi connectivity index (χ2v) is 7.20. The first kappa shape index (κ1) is 12.9. The van der Waals surface area contributed by atoms with E-state index in [1.54, 1.807) is 0 Å². The van der Waals surface area contributed by atoms with Gasteiger partial charge in [-0.25, -0.2) is 12.7 Å². The van der Waals surface area contributed by atoms with Crippen LogP contribution in [0.1, 0.15) is 12.8 Å². The number of hydrogen-bond acceptors (Lipinski definition) is 4. The van der Waals surface area contributed by atoms with Gasteiger partial charge in [-0.1, -0.05) is 0 Å². The molecular weight excluding hydrogens is 245 g/mol. The molecule has 8 heteroatoms. The Morgan fingerprint density at radius 3 is 2.00 bits per heavy atom. The highest BCUT2D eigenvalue weighted by atomic mass is 32.3. The smallest absolute Gasteiger partial charge is 0.213 e. The van der Waals surface area contributed by atoms with E-state index in [1.165, 1.54) is 4.31 Å². The summed E-state index contributed by atoms with van der Waals surface area (Å²) in [5.74, 6) is -0.761. The lowest BCUT2D eigenvalue weighted by Gasteiger charge is -2.29. The summed E-state index contributed by atoms with van der Waals surface area (Å²) in [5, 5.41) is 0. The molecule has 0 aliphatic carbocycles. The molecule has 0 saturated carbocycles. The van der Waals surface area contributed by atoms with E-state index in [-0.39, 0.29) is 19.0 Å². The molecule has 0 aromatic carbocycles. The molecule has 0 N–H and O–H groups in total. The highest BCUT2D eigenvalue weighted by Gasteiger charge is 2.27. The fourth-order valence-electron chi connectivity index (χ4n) is 1.69. The van der Waals surface area contributed by atoms with Gasteiger partial charge in [0.05, 0.1) is 12.0 Å². The summed E-state index contributed by atoms with van der Waals surface area (Å²) < 4.78 is 56.6. The molecule has 90 valence electrons. The minimum absolute atomic E-state index is 0.266. The number of nitrogens with zero attached hydrogens (tertiary/aromatic N) is 1. The normalized spacial score (nSPS) is 21.7. The highest BCUT2D eigenvalue weighted by molar-refractivity contribution is 7.88. The maximum Gasteiger partial charge on any atom is 0.302 e. The van der Waals surface area contributed by atoms with Crippen molar-refractivity contribution in [3.8, 4) is 0 Å². The van der Waals surface area contributed by atoms with Crippen molar-refractivity contribution in [2.45, 2.75) is 12.8 Å². The first-order valence-electron chi connectivity index (χ1n) is 4.56. The summed E-state index contributed by atoms with van der Waals surface area (Å²) in [6, 6.07) is 0. The zero-order valence-electron chi connectivity index (χ0n) is 8.39. The van der Waals surface area contributed by atoms with E-state index in [0.717, 1.165) is 6.26 Å². The molecule has 0 bridgehead atoms. The fraction of sp³-hybridized carbons (Fsp3) is 1.00. The van der Waals surface area contributed by atoms with Gasteiger partial charge in [-0.3, -0.25) is 0 Å². The van der Waals surface area contributed by atoms with Crippen LogP contribution in [0.2, 0.25) is 0 Å². The second kappa shape index (κ2) is 4.34. The van der Waals surface area contributed by atoms with Crippen LogP contribution in [0.15, 0.2) is 0 Å². The van der Waals surface area contributed by atoms with Crippen LogP contribution in [0.5, 0.6) is 0 Å². The van der Waals surface area contributed by atoms with Gasteiger partial charge < -0.3 is 0 Å². The van der Waals surface area contributed by atoms with Crippen molar-refractivity contribution in [1.82, 2.24) is 4.31 Å². The predicted octanol–water partition coefficient (Wildman–Crippen LogP) is -0.0427. The molecule has 1 aliphatic heterocycles. The van der Waals surface area contributed by atoms with Crippen LogP contribution < -0.4 is 0 Å². The van der Waals surface area contributed by atoms with E-state index in [2.05, 4.69) is 0 Å². The zero-order chi connectivity index (χ0) is 11.7. The van der Waals surface area contributed by atoms with Gasteiger partial charge in [0.1, 0.15) is 0 Å². The lowest BCUT2D eigenvalue weighted by atomic mass is 10.0. The minimum atomic E-state index is -4.44. The summed E-state index contributed by atoms with van der Waals surface area (Å²) >= 11 is 0. The van der Waals surface area contributed by atoms with Crippen molar-refractivity contribution in [2.24, 2.45) is 5.92 Å². The maximum atomic E-state index is 12.3. The van der Waals surface area contributed by atoms with E-state index in [4.69, 9.17) is 0 Å². The number of rotatable bonds is 3. The van der Waals surface area contributed by atoms with Gasteiger partial charge in [-0.15, -0.1) is 3.89 Å². The molecular formula is C7H14FNO4S2. The molecule has 0 aromatic rings. The van der Waals surface area contributed by atoms with Crippen LogP contribution in [0.25, 0.3) is 0 Å². The summed E-state index contributed by atoms with van der Waals surface area (Å²) in [6.07, 6.45) is 1.91. The average Bonchev–Trinajstić information content (AvgIpc) is 2.00. The molecule has 15 heavy (non-hydrogen) atoms. The van der Waals surface area contributed by atoms with Crippen LogP contribution in [0.3, 0.4) is 0 Å². The van der Waals surface area contributed by atoms with Crippen molar-refractivity contribution < 1.29 is 20.7 Å². The third-order valence-corrected chi connectivity index (χ3v) is 4.65. The first-order chi connectivity index (χ1) is 6.68. The third kappa shape index (κ3) is 4.43. The molecule has 0 amide bonds. The van der Waals surface area contributed by atoms with Gasteiger partial charge in [0, 0.05) is 13.1 Å². The SMILES string of the molecule is CS(=O)(=O)N1CCC(CS(=O)(=O)F)CC1. The summed E-state index contributed by atoms with van der Waals surface area (Å²) in [4.78, 5) is 0. The van der Waals surface area contributed by atoms with Crippen LogP contribution in [0.4, 0.5) is 3.89 Å². The Hall–Kier alpha value is -0.210. The Kier molecular flexibility index (Phi) is 3.72. The number of hydrogen-bond donors (Lipinski definition) is 0. The molecule has 1 fully saturated rings. The van der Waals surface area contributed by atoms with E-state index >= 15 is 0 Å². The Balaban J connectivity index is 2.50. The Labute approximate surface area is 89.5 Å². The van der Waals surface area contributed by atoms with Crippen LogP contribution >= 0.6 is 0 Å². The molecule has 1 heterocycles.